The Morgan fingerprint density at radius 2 is 2.00 bits per heavy atom. The monoisotopic (exact) mass is 275 g/mol. The molecule has 1 heterocycles. The molecule has 0 fully saturated rings. The van der Waals surface area contributed by atoms with Crippen molar-refractivity contribution in [2.45, 2.75) is 13.0 Å². The molecule has 3 nitrogen and oxygen atoms in total. The van der Waals surface area contributed by atoms with Gasteiger partial charge in [-0.05, 0) is 49.0 Å². The Hall–Kier alpha value is -2.01. The largest absolute Gasteiger partial charge is 0.356 e. The maximum Gasteiger partial charge on any atom is 0.171 e. The lowest BCUT2D eigenvalue weighted by molar-refractivity contribution is 0.624. The molecule has 1 atom stereocenters. The topological polar surface area (TPSA) is 37.0 Å². The first-order chi connectivity index (χ1) is 9.15. The first kappa shape index (κ1) is 13.4. The third-order valence-corrected chi connectivity index (χ3v) is 2.86. The van der Waals surface area contributed by atoms with Crippen LogP contribution >= 0.6 is 12.2 Å². The summed E-state index contributed by atoms with van der Waals surface area (Å²) in [7, 11) is 0. The zero-order valence-electron chi connectivity index (χ0n) is 10.4. The van der Waals surface area contributed by atoms with Gasteiger partial charge < -0.3 is 10.6 Å². The highest BCUT2D eigenvalue weighted by molar-refractivity contribution is 7.80. The second-order valence-electron chi connectivity index (χ2n) is 4.11. The Morgan fingerprint density at radius 1 is 1.26 bits per heavy atom. The molecule has 2 rings (SSSR count). The Labute approximate surface area is 116 Å². The van der Waals surface area contributed by atoms with Crippen LogP contribution in [-0.2, 0) is 0 Å². The number of pyridine rings is 1. The van der Waals surface area contributed by atoms with E-state index in [0.29, 0.717) is 5.11 Å². The number of aromatic nitrogens is 1. The highest BCUT2D eigenvalue weighted by atomic mass is 32.1. The predicted octanol–water partition coefficient (Wildman–Crippen LogP) is 3.27. The lowest BCUT2D eigenvalue weighted by Gasteiger charge is -2.17. The van der Waals surface area contributed by atoms with Gasteiger partial charge in [-0.25, -0.2) is 4.39 Å². The van der Waals surface area contributed by atoms with Gasteiger partial charge in [0, 0.05) is 6.20 Å². The number of hydrogen-bond acceptors (Lipinski definition) is 2. The Balaban J connectivity index is 1.93. The van der Waals surface area contributed by atoms with Crippen molar-refractivity contribution in [2.75, 3.05) is 5.32 Å². The molecule has 0 saturated heterocycles. The van der Waals surface area contributed by atoms with E-state index in [0.717, 1.165) is 11.3 Å². The molecule has 1 aromatic heterocycles. The van der Waals surface area contributed by atoms with Crippen molar-refractivity contribution < 1.29 is 4.39 Å². The molecule has 2 N–H and O–H groups in total. The van der Waals surface area contributed by atoms with Gasteiger partial charge in [-0.1, -0.05) is 12.1 Å². The SMILES string of the molecule is C[C@@H](NC(=S)Nc1cccnc1)c1ccc(F)cc1. The zero-order chi connectivity index (χ0) is 13.7. The van der Waals surface area contributed by atoms with Gasteiger partial charge in [0.2, 0.25) is 0 Å². The van der Waals surface area contributed by atoms with Crippen molar-refractivity contribution in [1.82, 2.24) is 10.3 Å². The van der Waals surface area contributed by atoms with Crippen LogP contribution in [0.15, 0.2) is 48.8 Å². The lowest BCUT2D eigenvalue weighted by Crippen LogP contribution is -2.30. The minimum absolute atomic E-state index is 0.00253. The molecule has 0 unspecified atom stereocenters. The van der Waals surface area contributed by atoms with Crippen molar-refractivity contribution in [2.24, 2.45) is 0 Å². The first-order valence-electron chi connectivity index (χ1n) is 5.88. The van der Waals surface area contributed by atoms with Crippen LogP contribution in [0, 0.1) is 5.82 Å². The van der Waals surface area contributed by atoms with Crippen LogP contribution in [-0.4, -0.2) is 10.1 Å². The van der Waals surface area contributed by atoms with Gasteiger partial charge in [0.1, 0.15) is 5.82 Å². The van der Waals surface area contributed by atoms with Gasteiger partial charge in [0.05, 0.1) is 17.9 Å². The van der Waals surface area contributed by atoms with E-state index in [4.69, 9.17) is 12.2 Å². The van der Waals surface area contributed by atoms with Crippen LogP contribution < -0.4 is 10.6 Å². The molecule has 0 amide bonds. The van der Waals surface area contributed by atoms with Crippen molar-refractivity contribution in [1.29, 1.82) is 0 Å². The Kier molecular flexibility index (Phi) is 4.41. The zero-order valence-corrected chi connectivity index (χ0v) is 11.2. The number of rotatable bonds is 3. The van der Waals surface area contributed by atoms with E-state index < -0.39 is 0 Å². The second-order valence-corrected chi connectivity index (χ2v) is 4.52. The van der Waals surface area contributed by atoms with Gasteiger partial charge in [-0.2, -0.15) is 0 Å². The maximum atomic E-state index is 12.8. The van der Waals surface area contributed by atoms with E-state index in [9.17, 15) is 4.39 Å². The summed E-state index contributed by atoms with van der Waals surface area (Å²) in [6.07, 6.45) is 3.39. The van der Waals surface area contributed by atoms with E-state index in [1.54, 1.807) is 24.5 Å². The van der Waals surface area contributed by atoms with E-state index >= 15 is 0 Å². The molecule has 98 valence electrons. The van der Waals surface area contributed by atoms with Gasteiger partial charge in [-0.15, -0.1) is 0 Å². The summed E-state index contributed by atoms with van der Waals surface area (Å²) in [4.78, 5) is 3.99. The maximum absolute atomic E-state index is 12.8. The number of halogens is 1. The lowest BCUT2D eigenvalue weighted by atomic mass is 10.1. The van der Waals surface area contributed by atoms with Crippen molar-refractivity contribution in [3.05, 3.63) is 60.2 Å². The summed E-state index contributed by atoms with van der Waals surface area (Å²) < 4.78 is 12.8. The highest BCUT2D eigenvalue weighted by Crippen LogP contribution is 2.13. The quantitative estimate of drug-likeness (QED) is 0.843. The molecule has 0 bridgehead atoms. The highest BCUT2D eigenvalue weighted by Gasteiger charge is 2.07. The second kappa shape index (κ2) is 6.24. The fourth-order valence-corrected chi connectivity index (χ4v) is 1.93. The van der Waals surface area contributed by atoms with Crippen LogP contribution in [0.3, 0.4) is 0 Å². The summed E-state index contributed by atoms with van der Waals surface area (Å²) in [6.45, 7) is 1.96. The summed E-state index contributed by atoms with van der Waals surface area (Å²) in [5, 5.41) is 6.68. The van der Waals surface area contributed by atoms with Crippen LogP contribution in [0.5, 0.6) is 0 Å². The molecule has 0 saturated carbocycles. The van der Waals surface area contributed by atoms with Crippen LogP contribution in [0.2, 0.25) is 0 Å². The minimum atomic E-state index is -0.244. The third-order valence-electron chi connectivity index (χ3n) is 2.64. The minimum Gasteiger partial charge on any atom is -0.356 e. The van der Waals surface area contributed by atoms with Gasteiger partial charge in [0.25, 0.3) is 0 Å². The molecule has 5 heteroatoms. The van der Waals surface area contributed by atoms with Crippen LogP contribution in [0.25, 0.3) is 0 Å². The average molecular weight is 275 g/mol. The molecule has 0 aliphatic carbocycles. The number of benzene rings is 1. The molecule has 0 aliphatic heterocycles. The fraction of sp³-hybridized carbons (Fsp3) is 0.143. The number of nitrogens with zero attached hydrogens (tertiary/aromatic N) is 1. The van der Waals surface area contributed by atoms with Crippen molar-refractivity contribution in [3.63, 3.8) is 0 Å². The number of hydrogen-bond donors (Lipinski definition) is 2. The molecular weight excluding hydrogens is 261 g/mol. The first-order valence-corrected chi connectivity index (χ1v) is 6.29. The van der Waals surface area contributed by atoms with Crippen LogP contribution in [0.4, 0.5) is 10.1 Å². The molecule has 2 aromatic rings. The average Bonchev–Trinajstić information content (AvgIpc) is 2.40. The number of thiocarbonyl (C=S) groups is 1. The van der Waals surface area contributed by atoms with Crippen molar-refractivity contribution in [3.8, 4) is 0 Å². The molecule has 0 spiro atoms. The third kappa shape index (κ3) is 3.99. The van der Waals surface area contributed by atoms with E-state index in [1.807, 2.05) is 19.1 Å². The van der Waals surface area contributed by atoms with E-state index in [2.05, 4.69) is 15.6 Å². The number of anilines is 1. The standard InChI is InChI=1S/C14H14FN3S/c1-10(11-4-6-12(15)7-5-11)17-14(19)18-13-3-2-8-16-9-13/h2-10H,1H3,(H2,17,18,19)/t10-/m1/s1. The van der Waals surface area contributed by atoms with E-state index in [-0.39, 0.29) is 11.9 Å². The predicted molar refractivity (Wildman–Crippen MR) is 78.4 cm³/mol. The summed E-state index contributed by atoms with van der Waals surface area (Å²) in [5.74, 6) is -0.244. The molecule has 0 aliphatic rings. The van der Waals surface area contributed by atoms with Gasteiger partial charge in [-0.3, -0.25) is 4.98 Å². The van der Waals surface area contributed by atoms with Gasteiger partial charge in [0.15, 0.2) is 5.11 Å². The van der Waals surface area contributed by atoms with Crippen molar-refractivity contribution >= 4 is 23.0 Å². The molecule has 1 aromatic carbocycles. The fourth-order valence-electron chi connectivity index (χ4n) is 1.64. The number of nitrogens with one attached hydrogen (secondary N) is 2. The Bertz CT molecular complexity index is 542. The molecule has 19 heavy (non-hydrogen) atoms. The molecule has 0 radical (unpaired) electrons. The molecular formula is C14H14FN3S. The van der Waals surface area contributed by atoms with Crippen LogP contribution in [0.1, 0.15) is 18.5 Å². The smallest absolute Gasteiger partial charge is 0.171 e. The normalized spacial score (nSPS) is 11.7. The Morgan fingerprint density at radius 3 is 2.63 bits per heavy atom. The summed E-state index contributed by atoms with van der Waals surface area (Å²) in [5.41, 5.74) is 1.79. The summed E-state index contributed by atoms with van der Waals surface area (Å²) in [6, 6.07) is 10.0. The summed E-state index contributed by atoms with van der Waals surface area (Å²) >= 11 is 5.21. The van der Waals surface area contributed by atoms with Gasteiger partial charge >= 0.3 is 0 Å². The van der Waals surface area contributed by atoms with E-state index in [1.165, 1.54) is 12.1 Å².